The van der Waals surface area contributed by atoms with Crippen LogP contribution in [0, 0.1) is 0 Å². The molecule has 4 nitrogen and oxygen atoms in total. The summed E-state index contributed by atoms with van der Waals surface area (Å²) in [5, 5.41) is 10.6. The monoisotopic (exact) mass is 464 g/mol. The maximum Gasteiger partial charge on any atom is 0.169 e. The molecule has 6 heteroatoms. The van der Waals surface area contributed by atoms with Crippen LogP contribution in [-0.2, 0) is 13.1 Å². The van der Waals surface area contributed by atoms with Crippen LogP contribution >= 0.6 is 0 Å². The summed E-state index contributed by atoms with van der Waals surface area (Å²) in [5.74, 6) is 0. The van der Waals surface area contributed by atoms with Gasteiger partial charge in [-0.2, -0.15) is 10.2 Å². The first kappa shape index (κ1) is 24.5. The maximum absolute atomic E-state index is 5.30. The predicted molar refractivity (Wildman–Crippen MR) is 144 cm³/mol. The van der Waals surface area contributed by atoms with Gasteiger partial charge in [-0.1, -0.05) is 99.9 Å². The van der Waals surface area contributed by atoms with Gasteiger partial charge in [0.2, 0.25) is 0 Å². The standard InChI is InChI=1S/C26H40N4Si2/c1-31(2,3)29(21-23-15-9-7-10-16-23)27-25-19-13-14-20-26(25)28-30(32(4,5)6)22-24-17-11-8-12-18-24/h7-12,15-18H,13-14,19-22H2,1-6H3/b27-25-,28-26+. The minimum Gasteiger partial charge on any atom is -0.320 e. The first-order chi connectivity index (χ1) is 15.1. The van der Waals surface area contributed by atoms with E-state index in [4.69, 9.17) is 10.2 Å². The van der Waals surface area contributed by atoms with Crippen LogP contribution in [0.3, 0.4) is 0 Å². The van der Waals surface area contributed by atoms with Gasteiger partial charge in [0.1, 0.15) is 0 Å². The van der Waals surface area contributed by atoms with E-state index in [2.05, 4.69) is 109 Å². The van der Waals surface area contributed by atoms with Crippen LogP contribution in [0.1, 0.15) is 36.8 Å². The third-order valence-electron chi connectivity index (χ3n) is 5.79. The molecule has 0 amide bonds. The molecule has 0 N–H and O–H groups in total. The zero-order valence-corrected chi connectivity index (χ0v) is 22.8. The van der Waals surface area contributed by atoms with Gasteiger partial charge < -0.3 is 9.35 Å². The summed E-state index contributed by atoms with van der Waals surface area (Å²) in [5.41, 5.74) is 5.04. The van der Waals surface area contributed by atoms with Crippen molar-refractivity contribution in [3.63, 3.8) is 0 Å². The Hall–Kier alpha value is -2.19. The Morgan fingerprint density at radius 2 is 0.938 bits per heavy atom. The van der Waals surface area contributed by atoms with Crippen LogP contribution < -0.4 is 0 Å². The summed E-state index contributed by atoms with van der Waals surface area (Å²) >= 11 is 0. The lowest BCUT2D eigenvalue weighted by Gasteiger charge is -2.35. The average Bonchev–Trinajstić information content (AvgIpc) is 2.74. The number of nitrogens with zero attached hydrogens (tertiary/aromatic N) is 4. The topological polar surface area (TPSA) is 31.2 Å². The van der Waals surface area contributed by atoms with Gasteiger partial charge >= 0.3 is 0 Å². The van der Waals surface area contributed by atoms with E-state index in [1.165, 1.54) is 35.4 Å². The molecule has 0 aromatic heterocycles. The van der Waals surface area contributed by atoms with Crippen LogP contribution in [0.25, 0.3) is 0 Å². The van der Waals surface area contributed by atoms with Gasteiger partial charge in [-0.15, -0.1) is 0 Å². The second-order valence-electron chi connectivity index (χ2n) is 10.7. The van der Waals surface area contributed by atoms with E-state index >= 15 is 0 Å². The van der Waals surface area contributed by atoms with Crippen molar-refractivity contribution in [3.05, 3.63) is 71.8 Å². The van der Waals surface area contributed by atoms with Crippen molar-refractivity contribution in [1.29, 1.82) is 0 Å². The Bertz CT molecular complexity index is 835. The van der Waals surface area contributed by atoms with E-state index in [0.717, 1.165) is 25.9 Å². The highest BCUT2D eigenvalue weighted by Gasteiger charge is 2.28. The quantitative estimate of drug-likeness (QED) is 0.313. The van der Waals surface area contributed by atoms with Crippen molar-refractivity contribution in [2.45, 2.75) is 78.1 Å². The van der Waals surface area contributed by atoms with Gasteiger partial charge in [0.05, 0.1) is 24.5 Å². The molecule has 0 aliphatic heterocycles. The SMILES string of the molecule is C[Si](C)(C)N(Cc1ccccc1)/N=C1/CCCC/C1=N\N(Cc1ccccc1)[Si](C)(C)C. The highest BCUT2D eigenvalue weighted by atomic mass is 28.3. The van der Waals surface area contributed by atoms with Crippen LogP contribution in [0.4, 0.5) is 0 Å². The highest BCUT2D eigenvalue weighted by Crippen LogP contribution is 2.22. The Kier molecular flexibility index (Phi) is 8.12. The molecule has 0 heterocycles. The van der Waals surface area contributed by atoms with Gasteiger partial charge in [0.15, 0.2) is 16.5 Å². The summed E-state index contributed by atoms with van der Waals surface area (Å²) < 4.78 is 4.77. The molecular weight excluding hydrogens is 424 g/mol. The van der Waals surface area contributed by atoms with Crippen LogP contribution in [0.2, 0.25) is 39.3 Å². The molecular formula is C26H40N4Si2. The van der Waals surface area contributed by atoms with E-state index in [0.29, 0.717) is 0 Å². The number of hydrogen-bond donors (Lipinski definition) is 0. The van der Waals surface area contributed by atoms with Crippen molar-refractivity contribution in [3.8, 4) is 0 Å². The fourth-order valence-corrected chi connectivity index (χ4v) is 5.89. The fraction of sp³-hybridized carbons (Fsp3) is 0.462. The van der Waals surface area contributed by atoms with Crippen LogP contribution in [0.15, 0.2) is 70.9 Å². The van der Waals surface area contributed by atoms with E-state index in [-0.39, 0.29) is 0 Å². The molecule has 1 saturated carbocycles. The first-order valence-electron chi connectivity index (χ1n) is 11.9. The molecule has 2 aromatic carbocycles. The Balaban J connectivity index is 1.92. The van der Waals surface area contributed by atoms with Gasteiger partial charge in [-0.25, -0.2) is 0 Å². The van der Waals surface area contributed by atoms with Crippen molar-refractivity contribution < 1.29 is 0 Å². The zero-order valence-electron chi connectivity index (χ0n) is 20.8. The second kappa shape index (κ2) is 10.6. The molecule has 2 aromatic rings. The lowest BCUT2D eigenvalue weighted by Crippen LogP contribution is -2.45. The van der Waals surface area contributed by atoms with Gasteiger partial charge in [0.25, 0.3) is 0 Å². The third-order valence-corrected chi connectivity index (χ3v) is 9.41. The van der Waals surface area contributed by atoms with E-state index in [1.807, 2.05) is 0 Å². The van der Waals surface area contributed by atoms with E-state index < -0.39 is 16.5 Å². The van der Waals surface area contributed by atoms with Crippen LogP contribution in [0.5, 0.6) is 0 Å². The number of hydrogen-bond acceptors (Lipinski definition) is 4. The minimum atomic E-state index is -1.63. The van der Waals surface area contributed by atoms with Crippen molar-refractivity contribution in [2.24, 2.45) is 10.2 Å². The molecule has 172 valence electrons. The Morgan fingerprint density at radius 1 is 0.594 bits per heavy atom. The second-order valence-corrected chi connectivity index (χ2v) is 20.4. The third kappa shape index (κ3) is 7.17. The molecule has 1 aliphatic rings. The summed E-state index contributed by atoms with van der Waals surface area (Å²) in [6, 6.07) is 21.5. The van der Waals surface area contributed by atoms with E-state index in [1.54, 1.807) is 0 Å². The molecule has 1 aliphatic carbocycles. The minimum absolute atomic E-state index is 0.870. The molecule has 0 atom stereocenters. The largest absolute Gasteiger partial charge is 0.320 e. The number of rotatable bonds is 8. The first-order valence-corrected chi connectivity index (χ1v) is 18.8. The highest BCUT2D eigenvalue weighted by molar-refractivity contribution is 6.73. The number of benzene rings is 2. The summed E-state index contributed by atoms with van der Waals surface area (Å²) in [4.78, 5) is 0. The molecule has 0 saturated heterocycles. The van der Waals surface area contributed by atoms with E-state index in [9.17, 15) is 0 Å². The zero-order chi connectivity index (χ0) is 23.2. The van der Waals surface area contributed by atoms with Crippen molar-refractivity contribution in [2.75, 3.05) is 0 Å². The normalized spacial score (nSPS) is 17.6. The summed E-state index contributed by atoms with van der Waals surface area (Å²) in [7, 11) is -3.27. The van der Waals surface area contributed by atoms with Crippen molar-refractivity contribution >= 4 is 27.9 Å². The van der Waals surface area contributed by atoms with Gasteiger partial charge in [-0.05, 0) is 36.8 Å². The Labute approximate surface area is 197 Å². The summed E-state index contributed by atoms with van der Waals surface area (Å²) in [6.07, 6.45) is 4.46. The lowest BCUT2D eigenvalue weighted by atomic mass is 9.96. The Morgan fingerprint density at radius 3 is 1.25 bits per heavy atom. The molecule has 0 radical (unpaired) electrons. The molecule has 0 unspecified atom stereocenters. The van der Waals surface area contributed by atoms with Gasteiger partial charge in [-0.3, -0.25) is 0 Å². The maximum atomic E-state index is 5.30. The average molecular weight is 465 g/mol. The van der Waals surface area contributed by atoms with Crippen molar-refractivity contribution in [1.82, 2.24) is 9.35 Å². The molecule has 32 heavy (non-hydrogen) atoms. The summed E-state index contributed by atoms with van der Waals surface area (Å²) in [6.45, 7) is 16.0. The smallest absolute Gasteiger partial charge is 0.169 e. The molecule has 0 spiro atoms. The molecule has 3 rings (SSSR count). The van der Waals surface area contributed by atoms with Crippen LogP contribution in [-0.4, -0.2) is 37.2 Å². The molecule has 1 fully saturated rings. The molecule has 0 bridgehead atoms. The fourth-order valence-electron chi connectivity index (χ4n) is 3.74. The number of hydrazone groups is 2. The lowest BCUT2D eigenvalue weighted by molar-refractivity contribution is 0.435. The van der Waals surface area contributed by atoms with Gasteiger partial charge in [0, 0.05) is 0 Å². The predicted octanol–water partition coefficient (Wildman–Crippen LogP) is 6.95.